The second kappa shape index (κ2) is 4.51. The summed E-state index contributed by atoms with van der Waals surface area (Å²) in [6.45, 7) is 3.38. The first-order valence-corrected chi connectivity index (χ1v) is 6.67. The molecule has 5 heteroatoms. The van der Waals surface area contributed by atoms with E-state index in [2.05, 4.69) is 16.8 Å². The molecule has 0 radical (unpaired) electrons. The Morgan fingerprint density at radius 1 is 1.16 bits per heavy atom. The predicted molar refractivity (Wildman–Crippen MR) is 70.1 cm³/mol. The monoisotopic (exact) mass is 267 g/mol. The lowest BCUT2D eigenvalue weighted by atomic mass is 10.0. The van der Waals surface area contributed by atoms with E-state index in [1.54, 1.807) is 12.1 Å². The van der Waals surface area contributed by atoms with Gasteiger partial charge in [0.05, 0.1) is 12.1 Å². The van der Waals surface area contributed by atoms with Crippen LogP contribution in [0.5, 0.6) is 0 Å². The van der Waals surface area contributed by atoms with Crippen molar-refractivity contribution in [1.82, 2.24) is 9.80 Å². The summed E-state index contributed by atoms with van der Waals surface area (Å²) in [7, 11) is 2.05. The summed E-state index contributed by atoms with van der Waals surface area (Å²) >= 11 is 0. The molecule has 1 aromatic carbocycles. The molecular formula is C14H19F2N3. The van der Waals surface area contributed by atoms with Crippen molar-refractivity contribution in [3.63, 3.8) is 0 Å². The lowest BCUT2D eigenvalue weighted by Crippen LogP contribution is -2.51. The first kappa shape index (κ1) is 13.0. The zero-order valence-electron chi connectivity index (χ0n) is 11.0. The number of likely N-dealkylation sites (N-methyl/N-ethyl adjacent to an activating group) is 1. The Labute approximate surface area is 112 Å². The first-order chi connectivity index (χ1) is 9.01. The van der Waals surface area contributed by atoms with Crippen molar-refractivity contribution in [2.75, 3.05) is 33.2 Å². The molecule has 0 spiro atoms. The van der Waals surface area contributed by atoms with Gasteiger partial charge in [-0.3, -0.25) is 4.90 Å². The third kappa shape index (κ3) is 1.96. The van der Waals surface area contributed by atoms with Crippen LogP contribution in [0.3, 0.4) is 0 Å². The van der Waals surface area contributed by atoms with E-state index in [1.807, 2.05) is 6.07 Å². The summed E-state index contributed by atoms with van der Waals surface area (Å²) in [5.74, 6) is -2.93. The van der Waals surface area contributed by atoms with E-state index in [1.165, 1.54) is 6.07 Å². The number of alkyl halides is 2. The van der Waals surface area contributed by atoms with Crippen LogP contribution in [0.2, 0.25) is 0 Å². The minimum absolute atomic E-state index is 0.103. The Balaban J connectivity index is 1.94. The summed E-state index contributed by atoms with van der Waals surface area (Å²) in [6, 6.07) is 5.26. The maximum atomic E-state index is 14.3. The predicted octanol–water partition coefficient (Wildman–Crippen LogP) is 1.41. The number of benzene rings is 1. The van der Waals surface area contributed by atoms with Crippen molar-refractivity contribution in [2.45, 2.75) is 18.0 Å². The Morgan fingerprint density at radius 3 is 2.47 bits per heavy atom. The fourth-order valence-electron chi connectivity index (χ4n) is 3.15. The molecule has 2 unspecified atom stereocenters. The standard InChI is InChI=1S/C14H19F2N3/c1-18-6-8-19(9-7-18)12-10-4-2-3-5-11(10)14(15,16)13(12)17/h2-5,12-13H,6-9,17H2,1H3. The van der Waals surface area contributed by atoms with Gasteiger partial charge >= 0.3 is 0 Å². The summed E-state index contributed by atoms with van der Waals surface area (Å²) < 4.78 is 28.5. The molecule has 1 heterocycles. The first-order valence-electron chi connectivity index (χ1n) is 6.67. The quantitative estimate of drug-likeness (QED) is 0.835. The largest absolute Gasteiger partial charge is 0.321 e. The van der Waals surface area contributed by atoms with Gasteiger partial charge in [0.25, 0.3) is 5.92 Å². The smallest absolute Gasteiger partial charge is 0.290 e. The highest BCUT2D eigenvalue weighted by molar-refractivity contribution is 5.41. The molecule has 2 N–H and O–H groups in total. The summed E-state index contributed by atoms with van der Waals surface area (Å²) in [5, 5.41) is 0. The molecule has 2 atom stereocenters. The van der Waals surface area contributed by atoms with Gasteiger partial charge in [-0.25, -0.2) is 0 Å². The van der Waals surface area contributed by atoms with Crippen molar-refractivity contribution >= 4 is 0 Å². The van der Waals surface area contributed by atoms with E-state index in [0.29, 0.717) is 5.56 Å². The normalized spacial score (nSPS) is 31.4. The van der Waals surface area contributed by atoms with Crippen LogP contribution in [0.4, 0.5) is 8.78 Å². The molecule has 3 rings (SSSR count). The maximum Gasteiger partial charge on any atom is 0.290 e. The second-order valence-corrected chi connectivity index (χ2v) is 5.52. The van der Waals surface area contributed by atoms with Gasteiger partial charge < -0.3 is 10.6 Å². The van der Waals surface area contributed by atoms with Gasteiger partial charge in [0, 0.05) is 31.7 Å². The Morgan fingerprint density at radius 2 is 1.79 bits per heavy atom. The average molecular weight is 267 g/mol. The molecule has 1 aliphatic heterocycles. The van der Waals surface area contributed by atoms with Crippen LogP contribution in [0.1, 0.15) is 17.2 Å². The van der Waals surface area contributed by atoms with Gasteiger partial charge in [0.2, 0.25) is 0 Å². The maximum absolute atomic E-state index is 14.3. The average Bonchev–Trinajstić information content (AvgIpc) is 2.60. The van der Waals surface area contributed by atoms with E-state index < -0.39 is 12.0 Å². The van der Waals surface area contributed by atoms with Crippen LogP contribution >= 0.6 is 0 Å². The van der Waals surface area contributed by atoms with Crippen molar-refractivity contribution in [3.05, 3.63) is 35.4 Å². The molecule has 0 aromatic heterocycles. The molecule has 1 aromatic rings. The third-order valence-corrected chi connectivity index (χ3v) is 4.33. The molecule has 1 fully saturated rings. The minimum atomic E-state index is -2.93. The zero-order valence-corrected chi connectivity index (χ0v) is 11.0. The molecule has 2 aliphatic rings. The lowest BCUT2D eigenvalue weighted by molar-refractivity contribution is -0.0455. The highest BCUT2D eigenvalue weighted by Crippen LogP contribution is 2.48. The van der Waals surface area contributed by atoms with Crippen LogP contribution in [-0.2, 0) is 5.92 Å². The van der Waals surface area contributed by atoms with Gasteiger partial charge in [0.15, 0.2) is 0 Å². The molecule has 0 amide bonds. The fraction of sp³-hybridized carbons (Fsp3) is 0.571. The second-order valence-electron chi connectivity index (χ2n) is 5.52. The molecular weight excluding hydrogens is 248 g/mol. The number of rotatable bonds is 1. The van der Waals surface area contributed by atoms with E-state index in [0.717, 1.165) is 26.2 Å². The van der Waals surface area contributed by atoms with Crippen LogP contribution in [0.15, 0.2) is 24.3 Å². The van der Waals surface area contributed by atoms with E-state index in [4.69, 9.17) is 5.73 Å². The Bertz CT molecular complexity index is 470. The topological polar surface area (TPSA) is 32.5 Å². The number of fused-ring (bicyclic) bond motifs is 1. The summed E-state index contributed by atoms with van der Waals surface area (Å²) in [5.41, 5.74) is 6.67. The van der Waals surface area contributed by atoms with Crippen molar-refractivity contribution < 1.29 is 8.78 Å². The van der Waals surface area contributed by atoms with E-state index in [-0.39, 0.29) is 11.6 Å². The van der Waals surface area contributed by atoms with Crippen molar-refractivity contribution in [1.29, 1.82) is 0 Å². The number of nitrogens with two attached hydrogens (primary N) is 1. The van der Waals surface area contributed by atoms with Crippen LogP contribution < -0.4 is 5.73 Å². The Kier molecular flexibility index (Phi) is 3.08. The molecule has 3 nitrogen and oxygen atoms in total. The third-order valence-electron chi connectivity index (χ3n) is 4.33. The van der Waals surface area contributed by atoms with Gasteiger partial charge in [-0.2, -0.15) is 8.78 Å². The Hall–Kier alpha value is -1.04. The number of hydrogen-bond acceptors (Lipinski definition) is 3. The lowest BCUT2D eigenvalue weighted by Gasteiger charge is -2.38. The summed E-state index contributed by atoms with van der Waals surface area (Å²) in [4.78, 5) is 4.31. The highest BCUT2D eigenvalue weighted by Gasteiger charge is 2.53. The zero-order chi connectivity index (χ0) is 13.6. The molecule has 0 saturated carbocycles. The minimum Gasteiger partial charge on any atom is -0.321 e. The van der Waals surface area contributed by atoms with Gasteiger partial charge in [-0.15, -0.1) is 0 Å². The fourth-order valence-corrected chi connectivity index (χ4v) is 3.15. The van der Waals surface area contributed by atoms with Crippen molar-refractivity contribution in [2.24, 2.45) is 5.73 Å². The van der Waals surface area contributed by atoms with Crippen LogP contribution in [-0.4, -0.2) is 49.1 Å². The highest BCUT2D eigenvalue weighted by atomic mass is 19.3. The van der Waals surface area contributed by atoms with Crippen LogP contribution in [0, 0.1) is 0 Å². The van der Waals surface area contributed by atoms with Gasteiger partial charge in [-0.05, 0) is 12.6 Å². The SMILES string of the molecule is CN1CCN(C2c3ccccc3C(F)(F)C2N)CC1. The molecule has 0 bridgehead atoms. The van der Waals surface area contributed by atoms with Gasteiger partial charge in [-0.1, -0.05) is 24.3 Å². The van der Waals surface area contributed by atoms with Gasteiger partial charge in [0.1, 0.15) is 0 Å². The number of nitrogens with zero attached hydrogens (tertiary/aromatic N) is 2. The number of piperazine rings is 1. The van der Waals surface area contributed by atoms with E-state index in [9.17, 15) is 8.78 Å². The molecule has 1 aliphatic carbocycles. The molecule has 19 heavy (non-hydrogen) atoms. The molecule has 1 saturated heterocycles. The van der Waals surface area contributed by atoms with Crippen LogP contribution in [0.25, 0.3) is 0 Å². The summed E-state index contributed by atoms with van der Waals surface area (Å²) in [6.07, 6.45) is 0. The van der Waals surface area contributed by atoms with E-state index >= 15 is 0 Å². The molecule has 104 valence electrons. The van der Waals surface area contributed by atoms with Crippen molar-refractivity contribution in [3.8, 4) is 0 Å². The number of halogens is 2. The number of hydrogen-bond donors (Lipinski definition) is 1.